The van der Waals surface area contributed by atoms with Crippen molar-refractivity contribution in [2.75, 3.05) is 17.9 Å². The van der Waals surface area contributed by atoms with Crippen molar-refractivity contribution in [3.63, 3.8) is 0 Å². The second-order valence-corrected chi connectivity index (χ2v) is 12.0. The van der Waals surface area contributed by atoms with Crippen LogP contribution < -0.4 is 9.62 Å². The smallest absolute Gasteiger partial charge is 0.264 e. The molecule has 4 aromatic carbocycles. The maximum atomic E-state index is 14.2. The summed E-state index contributed by atoms with van der Waals surface area (Å²) in [5.74, 6) is -1.47. The number of nitrogens with zero attached hydrogens (tertiary/aromatic N) is 2. The highest BCUT2D eigenvalue weighted by molar-refractivity contribution is 7.92. The first-order valence-electron chi connectivity index (χ1n) is 13.2. The van der Waals surface area contributed by atoms with E-state index in [1.807, 2.05) is 30.3 Å². The minimum absolute atomic E-state index is 0.0415. The van der Waals surface area contributed by atoms with Crippen LogP contribution in [0.25, 0.3) is 0 Å². The van der Waals surface area contributed by atoms with Gasteiger partial charge in [0.2, 0.25) is 11.8 Å². The van der Waals surface area contributed by atoms with Crippen LogP contribution >= 0.6 is 11.6 Å². The molecule has 0 fully saturated rings. The van der Waals surface area contributed by atoms with Crippen molar-refractivity contribution in [1.29, 1.82) is 0 Å². The summed E-state index contributed by atoms with van der Waals surface area (Å²) < 4.78 is 42.7. The van der Waals surface area contributed by atoms with Crippen LogP contribution in [0.1, 0.15) is 16.7 Å². The summed E-state index contributed by atoms with van der Waals surface area (Å²) in [5, 5.41) is 3.00. The van der Waals surface area contributed by atoms with E-state index in [1.165, 1.54) is 60.5 Å². The van der Waals surface area contributed by atoms with Gasteiger partial charge in [0, 0.05) is 25.0 Å². The first-order chi connectivity index (χ1) is 20.1. The summed E-state index contributed by atoms with van der Waals surface area (Å²) in [4.78, 5) is 28.8. The fourth-order valence-corrected chi connectivity index (χ4v) is 6.20. The van der Waals surface area contributed by atoms with Gasteiger partial charge in [-0.15, -0.1) is 0 Å². The molecule has 0 aliphatic carbocycles. The lowest BCUT2D eigenvalue weighted by molar-refractivity contribution is -0.139. The molecule has 0 aliphatic heterocycles. The number of likely N-dealkylation sites (N-methyl/N-ethyl adjacent to an activating group) is 1. The molecule has 4 aromatic rings. The Morgan fingerprint density at radius 2 is 1.48 bits per heavy atom. The molecular weight excluding hydrogens is 577 g/mol. The fraction of sp³-hybridized carbons (Fsp3) is 0.188. The number of para-hydroxylation sites is 1. The Bertz CT molecular complexity index is 1630. The zero-order valence-corrected chi connectivity index (χ0v) is 24.8. The van der Waals surface area contributed by atoms with E-state index in [1.54, 1.807) is 31.2 Å². The van der Waals surface area contributed by atoms with E-state index in [0.717, 1.165) is 9.87 Å². The van der Waals surface area contributed by atoms with Crippen molar-refractivity contribution in [2.24, 2.45) is 0 Å². The third-order valence-electron chi connectivity index (χ3n) is 6.85. The number of amides is 2. The highest BCUT2D eigenvalue weighted by atomic mass is 35.5. The summed E-state index contributed by atoms with van der Waals surface area (Å²) in [7, 11) is -2.76. The molecule has 42 heavy (non-hydrogen) atoms. The molecule has 218 valence electrons. The maximum absolute atomic E-state index is 14.2. The van der Waals surface area contributed by atoms with Crippen LogP contribution in [0.4, 0.5) is 10.1 Å². The van der Waals surface area contributed by atoms with E-state index in [2.05, 4.69) is 5.32 Å². The molecule has 2 amide bonds. The second kappa shape index (κ2) is 13.6. The van der Waals surface area contributed by atoms with Crippen LogP contribution in [0.15, 0.2) is 108 Å². The Balaban J connectivity index is 1.79. The molecule has 0 spiro atoms. The molecule has 1 N–H and O–H groups in total. The zero-order chi connectivity index (χ0) is 30.3. The van der Waals surface area contributed by atoms with Gasteiger partial charge in [0.05, 0.1) is 10.6 Å². The summed E-state index contributed by atoms with van der Waals surface area (Å²) >= 11 is 6.01. The molecule has 7 nitrogen and oxygen atoms in total. The number of hydrogen-bond acceptors (Lipinski definition) is 4. The van der Waals surface area contributed by atoms with Gasteiger partial charge in [-0.1, -0.05) is 72.3 Å². The standard InChI is InChI=1S/C32H31ClFN3O4S/c1-23-8-6-7-11-29(23)37(42(40,41)28-18-14-26(33)15-19-28)22-31(38)36(21-25-12-16-27(34)17-13-25)30(32(39)35-2)20-24-9-4-3-5-10-24/h3-19,30H,20-22H2,1-2H3,(H,35,39)/t30-/m1/s1. The molecule has 0 radical (unpaired) electrons. The van der Waals surface area contributed by atoms with Crippen molar-refractivity contribution < 1.29 is 22.4 Å². The van der Waals surface area contributed by atoms with Crippen molar-refractivity contribution in [2.45, 2.75) is 30.8 Å². The van der Waals surface area contributed by atoms with Gasteiger partial charge in [-0.25, -0.2) is 12.8 Å². The van der Waals surface area contributed by atoms with Gasteiger partial charge < -0.3 is 10.2 Å². The zero-order valence-electron chi connectivity index (χ0n) is 23.2. The first kappa shape index (κ1) is 30.7. The number of hydrogen-bond donors (Lipinski definition) is 1. The van der Waals surface area contributed by atoms with Crippen LogP contribution in [-0.2, 0) is 32.6 Å². The van der Waals surface area contributed by atoms with Crippen LogP contribution in [0.2, 0.25) is 5.02 Å². The number of halogens is 2. The lowest BCUT2D eigenvalue weighted by Crippen LogP contribution is -2.53. The van der Waals surface area contributed by atoms with Gasteiger partial charge >= 0.3 is 0 Å². The highest BCUT2D eigenvalue weighted by Gasteiger charge is 2.34. The fourth-order valence-electron chi connectivity index (χ4n) is 4.60. The molecule has 0 bridgehead atoms. The molecule has 0 saturated heterocycles. The topological polar surface area (TPSA) is 86.8 Å². The van der Waals surface area contributed by atoms with Crippen molar-refractivity contribution in [1.82, 2.24) is 10.2 Å². The third kappa shape index (κ3) is 7.35. The second-order valence-electron chi connectivity index (χ2n) is 9.72. The molecule has 0 unspecified atom stereocenters. The van der Waals surface area contributed by atoms with E-state index in [-0.39, 0.29) is 17.9 Å². The largest absolute Gasteiger partial charge is 0.357 e. The Labute approximate surface area is 250 Å². The Hall–Kier alpha value is -4.21. The average Bonchev–Trinajstić information content (AvgIpc) is 2.99. The number of rotatable bonds is 11. The van der Waals surface area contributed by atoms with Gasteiger partial charge in [-0.2, -0.15) is 0 Å². The molecule has 0 aromatic heterocycles. The Kier molecular flexibility index (Phi) is 9.98. The lowest BCUT2D eigenvalue weighted by atomic mass is 10.0. The van der Waals surface area contributed by atoms with Gasteiger partial charge in [0.1, 0.15) is 18.4 Å². The van der Waals surface area contributed by atoms with E-state index < -0.39 is 40.2 Å². The van der Waals surface area contributed by atoms with E-state index >= 15 is 0 Å². The van der Waals surface area contributed by atoms with E-state index in [4.69, 9.17) is 11.6 Å². The van der Waals surface area contributed by atoms with Crippen molar-refractivity contribution in [3.8, 4) is 0 Å². The normalized spacial score (nSPS) is 11.9. The molecule has 0 heterocycles. The number of carbonyl (C=O) groups is 2. The van der Waals surface area contributed by atoms with Crippen LogP contribution in [0.3, 0.4) is 0 Å². The predicted molar refractivity (Wildman–Crippen MR) is 162 cm³/mol. The van der Waals surface area contributed by atoms with E-state index in [9.17, 15) is 22.4 Å². The summed E-state index contributed by atoms with van der Waals surface area (Å²) in [6.07, 6.45) is 0.182. The molecule has 0 saturated carbocycles. The van der Waals surface area contributed by atoms with Crippen molar-refractivity contribution >= 4 is 39.1 Å². The SMILES string of the molecule is CNC(=O)[C@@H](Cc1ccccc1)N(Cc1ccc(F)cc1)C(=O)CN(c1ccccc1C)S(=O)(=O)c1ccc(Cl)cc1. The van der Waals surface area contributed by atoms with Gasteiger partial charge in [0.25, 0.3) is 10.0 Å². The quantitative estimate of drug-likeness (QED) is 0.248. The Morgan fingerprint density at radius 3 is 2.10 bits per heavy atom. The van der Waals surface area contributed by atoms with Gasteiger partial charge in [-0.05, 0) is 66.1 Å². The molecule has 1 atom stereocenters. The number of aryl methyl sites for hydroxylation is 1. The first-order valence-corrected chi connectivity index (χ1v) is 15.1. The van der Waals surface area contributed by atoms with E-state index in [0.29, 0.717) is 21.8 Å². The number of carbonyl (C=O) groups excluding carboxylic acids is 2. The van der Waals surface area contributed by atoms with Gasteiger partial charge in [0.15, 0.2) is 0 Å². The van der Waals surface area contributed by atoms with Crippen LogP contribution in [0, 0.1) is 12.7 Å². The number of nitrogens with one attached hydrogen (secondary N) is 1. The summed E-state index contributed by atoms with van der Waals surface area (Å²) in [6, 6.07) is 26.4. The molecular formula is C32H31ClFN3O4S. The number of anilines is 1. The predicted octanol–water partition coefficient (Wildman–Crippen LogP) is 5.37. The summed E-state index contributed by atoms with van der Waals surface area (Å²) in [5.41, 5.74) is 2.35. The maximum Gasteiger partial charge on any atom is 0.264 e. The minimum Gasteiger partial charge on any atom is -0.357 e. The van der Waals surface area contributed by atoms with Gasteiger partial charge in [-0.3, -0.25) is 13.9 Å². The van der Waals surface area contributed by atoms with Crippen molar-refractivity contribution in [3.05, 3.63) is 131 Å². The monoisotopic (exact) mass is 607 g/mol. The van der Waals surface area contributed by atoms with Crippen LogP contribution in [-0.4, -0.2) is 44.8 Å². The molecule has 4 rings (SSSR count). The van der Waals surface area contributed by atoms with Crippen LogP contribution in [0.5, 0.6) is 0 Å². The Morgan fingerprint density at radius 1 is 0.857 bits per heavy atom. The average molecular weight is 608 g/mol. The summed E-state index contributed by atoms with van der Waals surface area (Å²) in [6.45, 7) is 1.12. The lowest BCUT2D eigenvalue weighted by Gasteiger charge is -2.34. The number of sulfonamides is 1. The molecule has 0 aliphatic rings. The highest BCUT2D eigenvalue weighted by Crippen LogP contribution is 2.28. The number of benzene rings is 4. The molecule has 10 heteroatoms. The minimum atomic E-state index is -4.23. The third-order valence-corrected chi connectivity index (χ3v) is 8.87.